The third kappa shape index (κ3) is 3.88. The molecule has 0 heterocycles. The fourth-order valence-electron chi connectivity index (χ4n) is 1.53. The van der Waals surface area contributed by atoms with Crippen molar-refractivity contribution in [2.75, 3.05) is 6.61 Å². The van der Waals surface area contributed by atoms with E-state index in [4.69, 9.17) is 5.11 Å². The summed E-state index contributed by atoms with van der Waals surface area (Å²) in [6.07, 6.45) is 7.45. The number of aryl methyl sites for hydroxylation is 1. The standard InChI is InChI=1S/C14H20O/c1-3-4-5-6-14-11-13(9-10-15)8-7-12(14)2/h5-8,11,15H,3-4,9-10H2,1-2H3. The summed E-state index contributed by atoms with van der Waals surface area (Å²) in [5.74, 6) is 0. The molecule has 0 aromatic heterocycles. The molecule has 0 unspecified atom stereocenters. The molecular formula is C14H20O. The third-order valence-electron chi connectivity index (χ3n) is 2.50. The van der Waals surface area contributed by atoms with E-state index in [1.54, 1.807) is 0 Å². The van der Waals surface area contributed by atoms with Crippen LogP contribution in [-0.2, 0) is 6.42 Å². The molecular weight excluding hydrogens is 184 g/mol. The highest BCUT2D eigenvalue weighted by Gasteiger charge is 1.97. The number of allylic oxidation sites excluding steroid dienone is 1. The fraction of sp³-hybridized carbons (Fsp3) is 0.429. The molecule has 1 rings (SSSR count). The molecule has 1 aromatic carbocycles. The maximum Gasteiger partial charge on any atom is 0.0471 e. The summed E-state index contributed by atoms with van der Waals surface area (Å²) < 4.78 is 0. The lowest BCUT2D eigenvalue weighted by Crippen LogP contribution is -1.92. The quantitative estimate of drug-likeness (QED) is 0.780. The fourth-order valence-corrected chi connectivity index (χ4v) is 1.53. The zero-order chi connectivity index (χ0) is 11.1. The number of benzene rings is 1. The Morgan fingerprint density at radius 1 is 1.33 bits per heavy atom. The van der Waals surface area contributed by atoms with E-state index < -0.39 is 0 Å². The molecule has 0 saturated heterocycles. The Labute approximate surface area is 92.5 Å². The number of hydrogen-bond donors (Lipinski definition) is 1. The van der Waals surface area contributed by atoms with E-state index in [1.165, 1.54) is 23.1 Å². The van der Waals surface area contributed by atoms with Gasteiger partial charge in [0.15, 0.2) is 0 Å². The van der Waals surface area contributed by atoms with Crippen LogP contribution in [0.1, 0.15) is 36.5 Å². The maximum atomic E-state index is 8.88. The van der Waals surface area contributed by atoms with Crippen molar-refractivity contribution in [3.63, 3.8) is 0 Å². The van der Waals surface area contributed by atoms with Gasteiger partial charge >= 0.3 is 0 Å². The molecule has 1 nitrogen and oxygen atoms in total. The van der Waals surface area contributed by atoms with Crippen molar-refractivity contribution >= 4 is 6.08 Å². The molecule has 15 heavy (non-hydrogen) atoms. The van der Waals surface area contributed by atoms with Gasteiger partial charge in [-0.2, -0.15) is 0 Å². The van der Waals surface area contributed by atoms with Gasteiger partial charge in [-0.25, -0.2) is 0 Å². The second kappa shape index (κ2) is 6.41. The van der Waals surface area contributed by atoms with Crippen molar-refractivity contribution in [1.29, 1.82) is 0 Å². The number of rotatable bonds is 5. The number of aliphatic hydroxyl groups is 1. The molecule has 0 bridgehead atoms. The molecule has 0 amide bonds. The highest BCUT2D eigenvalue weighted by Crippen LogP contribution is 2.14. The largest absolute Gasteiger partial charge is 0.396 e. The first-order valence-corrected chi connectivity index (χ1v) is 5.65. The second-order valence-corrected chi connectivity index (χ2v) is 3.86. The summed E-state index contributed by atoms with van der Waals surface area (Å²) in [7, 11) is 0. The van der Waals surface area contributed by atoms with Crippen molar-refractivity contribution in [1.82, 2.24) is 0 Å². The van der Waals surface area contributed by atoms with Crippen LogP contribution in [0, 0.1) is 6.92 Å². The maximum absolute atomic E-state index is 8.88. The van der Waals surface area contributed by atoms with Crippen LogP contribution in [0.4, 0.5) is 0 Å². The van der Waals surface area contributed by atoms with Crippen molar-refractivity contribution in [3.8, 4) is 0 Å². The summed E-state index contributed by atoms with van der Waals surface area (Å²) in [4.78, 5) is 0. The van der Waals surface area contributed by atoms with Gasteiger partial charge in [0.25, 0.3) is 0 Å². The minimum atomic E-state index is 0.223. The topological polar surface area (TPSA) is 20.2 Å². The van der Waals surface area contributed by atoms with Crippen molar-refractivity contribution in [2.24, 2.45) is 0 Å². The first-order chi connectivity index (χ1) is 7.27. The molecule has 0 aliphatic rings. The van der Waals surface area contributed by atoms with E-state index in [0.29, 0.717) is 0 Å². The summed E-state index contributed by atoms with van der Waals surface area (Å²) in [5.41, 5.74) is 3.78. The van der Waals surface area contributed by atoms with Crippen molar-refractivity contribution in [3.05, 3.63) is 41.0 Å². The minimum absolute atomic E-state index is 0.223. The van der Waals surface area contributed by atoms with Gasteiger partial charge in [0, 0.05) is 6.61 Å². The summed E-state index contributed by atoms with van der Waals surface area (Å²) >= 11 is 0. The van der Waals surface area contributed by atoms with Gasteiger partial charge in [0.1, 0.15) is 0 Å². The van der Waals surface area contributed by atoms with Gasteiger partial charge < -0.3 is 5.11 Å². The molecule has 0 radical (unpaired) electrons. The smallest absolute Gasteiger partial charge is 0.0471 e. The van der Waals surface area contributed by atoms with Gasteiger partial charge in [0.05, 0.1) is 0 Å². The third-order valence-corrected chi connectivity index (χ3v) is 2.50. The van der Waals surface area contributed by atoms with Crippen LogP contribution < -0.4 is 0 Å². The Morgan fingerprint density at radius 2 is 2.13 bits per heavy atom. The zero-order valence-corrected chi connectivity index (χ0v) is 9.66. The van der Waals surface area contributed by atoms with Crippen LogP contribution in [0.3, 0.4) is 0 Å². The molecule has 0 atom stereocenters. The SMILES string of the molecule is CCCC=Cc1cc(CCO)ccc1C. The van der Waals surface area contributed by atoms with E-state index in [9.17, 15) is 0 Å². The van der Waals surface area contributed by atoms with E-state index in [2.05, 4.69) is 44.2 Å². The second-order valence-electron chi connectivity index (χ2n) is 3.86. The number of hydrogen-bond acceptors (Lipinski definition) is 1. The molecule has 1 aromatic rings. The molecule has 0 fully saturated rings. The van der Waals surface area contributed by atoms with Gasteiger partial charge in [0.2, 0.25) is 0 Å². The van der Waals surface area contributed by atoms with Crippen LogP contribution in [0.15, 0.2) is 24.3 Å². The highest BCUT2D eigenvalue weighted by atomic mass is 16.2. The van der Waals surface area contributed by atoms with E-state index in [0.717, 1.165) is 12.8 Å². The molecule has 1 N–H and O–H groups in total. The average Bonchev–Trinajstić information content (AvgIpc) is 2.23. The summed E-state index contributed by atoms with van der Waals surface area (Å²) in [6.45, 7) is 4.52. The molecule has 0 spiro atoms. The predicted octanol–water partition coefficient (Wildman–Crippen LogP) is 3.34. The molecule has 82 valence electrons. The first-order valence-electron chi connectivity index (χ1n) is 5.65. The zero-order valence-electron chi connectivity index (χ0n) is 9.66. The highest BCUT2D eigenvalue weighted by molar-refractivity contribution is 5.54. The van der Waals surface area contributed by atoms with Crippen LogP contribution in [0.25, 0.3) is 6.08 Å². The number of aliphatic hydroxyl groups excluding tert-OH is 1. The summed E-state index contributed by atoms with van der Waals surface area (Å²) in [5, 5.41) is 8.88. The normalized spacial score (nSPS) is 11.1. The van der Waals surface area contributed by atoms with E-state index in [-0.39, 0.29) is 6.61 Å². The van der Waals surface area contributed by atoms with Gasteiger partial charge in [-0.3, -0.25) is 0 Å². The average molecular weight is 204 g/mol. The Morgan fingerprint density at radius 3 is 2.80 bits per heavy atom. The van der Waals surface area contributed by atoms with Gasteiger partial charge in [-0.1, -0.05) is 43.7 Å². The Bertz CT molecular complexity index is 326. The first kappa shape index (κ1) is 12.0. The monoisotopic (exact) mass is 204 g/mol. The lowest BCUT2D eigenvalue weighted by Gasteiger charge is -2.04. The molecule has 1 heteroatoms. The van der Waals surface area contributed by atoms with E-state index in [1.807, 2.05) is 0 Å². The number of unbranched alkanes of at least 4 members (excludes halogenated alkanes) is 1. The van der Waals surface area contributed by atoms with Gasteiger partial charge in [-0.05, 0) is 36.5 Å². The Balaban J connectivity index is 2.80. The minimum Gasteiger partial charge on any atom is -0.396 e. The predicted molar refractivity (Wildman–Crippen MR) is 65.9 cm³/mol. The van der Waals surface area contributed by atoms with Crippen LogP contribution in [-0.4, -0.2) is 11.7 Å². The van der Waals surface area contributed by atoms with Gasteiger partial charge in [-0.15, -0.1) is 0 Å². The van der Waals surface area contributed by atoms with Crippen molar-refractivity contribution in [2.45, 2.75) is 33.1 Å². The van der Waals surface area contributed by atoms with Crippen LogP contribution >= 0.6 is 0 Å². The lowest BCUT2D eigenvalue weighted by atomic mass is 10.0. The van der Waals surface area contributed by atoms with Crippen molar-refractivity contribution < 1.29 is 5.11 Å². The van der Waals surface area contributed by atoms with E-state index >= 15 is 0 Å². The van der Waals surface area contributed by atoms with Crippen LogP contribution in [0.5, 0.6) is 0 Å². The molecule has 0 aliphatic heterocycles. The summed E-state index contributed by atoms with van der Waals surface area (Å²) in [6, 6.07) is 6.37. The Kier molecular flexibility index (Phi) is 5.13. The molecule has 0 saturated carbocycles. The molecule has 0 aliphatic carbocycles. The lowest BCUT2D eigenvalue weighted by molar-refractivity contribution is 0.299. The Hall–Kier alpha value is -1.08. The van der Waals surface area contributed by atoms with Crippen LogP contribution in [0.2, 0.25) is 0 Å².